The van der Waals surface area contributed by atoms with Gasteiger partial charge in [-0.25, -0.2) is 4.39 Å². The molecule has 1 aromatic carbocycles. The molecule has 2 rings (SSSR count). The Morgan fingerprint density at radius 1 is 1.44 bits per heavy atom. The third-order valence-electron chi connectivity index (χ3n) is 3.61. The minimum atomic E-state index is -1.08. The van der Waals surface area contributed by atoms with Gasteiger partial charge in [0.15, 0.2) is 0 Å². The predicted molar refractivity (Wildman–Crippen MR) is 65.7 cm³/mol. The van der Waals surface area contributed by atoms with Gasteiger partial charge in [0.25, 0.3) is 0 Å². The van der Waals surface area contributed by atoms with E-state index in [1.807, 2.05) is 0 Å². The van der Waals surface area contributed by atoms with Gasteiger partial charge in [-0.05, 0) is 24.5 Å². The van der Waals surface area contributed by atoms with Gasteiger partial charge in [-0.15, -0.1) is 0 Å². The maximum atomic E-state index is 13.5. The number of carboxylic acid groups (broad SMARTS) is 1. The molecule has 0 atom stereocenters. The molecular formula is C13H14ClFO3. The lowest BCUT2D eigenvalue weighted by Gasteiger charge is -2.26. The maximum absolute atomic E-state index is 13.5. The molecular weight excluding hydrogens is 259 g/mol. The molecule has 0 saturated heterocycles. The van der Waals surface area contributed by atoms with Gasteiger partial charge in [0.1, 0.15) is 11.6 Å². The van der Waals surface area contributed by atoms with E-state index in [4.69, 9.17) is 16.3 Å². The summed E-state index contributed by atoms with van der Waals surface area (Å²) in [5, 5.41) is 9.67. The summed E-state index contributed by atoms with van der Waals surface area (Å²) in [5.41, 5.74) is -0.752. The number of hydrogen-bond donors (Lipinski definition) is 1. The quantitative estimate of drug-likeness (QED) is 0.917. The van der Waals surface area contributed by atoms with Crippen LogP contribution in [0.4, 0.5) is 4.39 Å². The van der Waals surface area contributed by atoms with Crippen molar-refractivity contribution in [2.75, 3.05) is 7.11 Å². The van der Waals surface area contributed by atoms with E-state index in [1.54, 1.807) is 0 Å². The van der Waals surface area contributed by atoms with Crippen LogP contribution in [0.5, 0.6) is 5.75 Å². The monoisotopic (exact) mass is 272 g/mol. The van der Waals surface area contributed by atoms with E-state index < -0.39 is 17.2 Å². The molecule has 18 heavy (non-hydrogen) atoms. The van der Waals surface area contributed by atoms with E-state index >= 15 is 0 Å². The Morgan fingerprint density at radius 3 is 2.56 bits per heavy atom. The van der Waals surface area contributed by atoms with E-state index in [0.717, 1.165) is 18.9 Å². The highest BCUT2D eigenvalue weighted by atomic mass is 35.5. The van der Waals surface area contributed by atoms with Crippen LogP contribution in [-0.2, 0) is 10.2 Å². The first kappa shape index (κ1) is 13.1. The minimum absolute atomic E-state index is 0.180. The van der Waals surface area contributed by atoms with Crippen molar-refractivity contribution in [2.45, 2.75) is 31.1 Å². The number of rotatable bonds is 3. The lowest BCUT2D eigenvalue weighted by atomic mass is 9.79. The molecule has 0 amide bonds. The molecule has 5 heteroatoms. The van der Waals surface area contributed by atoms with Crippen LogP contribution in [0.15, 0.2) is 12.1 Å². The molecule has 0 aromatic heterocycles. The third kappa shape index (κ3) is 1.94. The van der Waals surface area contributed by atoms with Gasteiger partial charge in [0.2, 0.25) is 0 Å². The predicted octanol–water partition coefficient (Wildman–Crippen LogP) is 3.38. The van der Waals surface area contributed by atoms with E-state index in [9.17, 15) is 14.3 Å². The molecule has 1 fully saturated rings. The van der Waals surface area contributed by atoms with Crippen molar-refractivity contribution in [1.29, 1.82) is 0 Å². The first-order chi connectivity index (χ1) is 8.51. The molecule has 0 bridgehead atoms. The largest absolute Gasteiger partial charge is 0.495 e. The molecule has 1 N–H and O–H groups in total. The summed E-state index contributed by atoms with van der Waals surface area (Å²) in [6.07, 6.45) is 2.58. The summed E-state index contributed by atoms with van der Waals surface area (Å²) in [6, 6.07) is 2.38. The Balaban J connectivity index is 2.61. The Kier molecular flexibility index (Phi) is 3.48. The first-order valence-electron chi connectivity index (χ1n) is 5.78. The van der Waals surface area contributed by atoms with Gasteiger partial charge in [-0.1, -0.05) is 24.4 Å². The number of hydrogen-bond acceptors (Lipinski definition) is 2. The Labute approximate surface area is 110 Å². The molecule has 0 unspecified atom stereocenters. The smallest absolute Gasteiger partial charge is 0.314 e. The molecule has 1 aromatic rings. The van der Waals surface area contributed by atoms with Crippen LogP contribution in [0.3, 0.4) is 0 Å². The van der Waals surface area contributed by atoms with E-state index in [0.29, 0.717) is 18.4 Å². The van der Waals surface area contributed by atoms with Crippen molar-refractivity contribution >= 4 is 17.6 Å². The van der Waals surface area contributed by atoms with Crippen LogP contribution in [-0.4, -0.2) is 18.2 Å². The van der Waals surface area contributed by atoms with Crippen molar-refractivity contribution in [2.24, 2.45) is 0 Å². The summed E-state index contributed by atoms with van der Waals surface area (Å²) < 4.78 is 18.5. The molecule has 98 valence electrons. The van der Waals surface area contributed by atoms with Crippen LogP contribution in [0, 0.1) is 5.82 Å². The van der Waals surface area contributed by atoms with Gasteiger partial charge in [-0.2, -0.15) is 0 Å². The van der Waals surface area contributed by atoms with Crippen molar-refractivity contribution in [3.8, 4) is 5.75 Å². The molecule has 1 aliphatic carbocycles. The fraction of sp³-hybridized carbons (Fsp3) is 0.462. The normalized spacial score (nSPS) is 17.7. The standard InChI is InChI=1S/C13H14ClFO3/c1-18-10-7-8(15)6-9(11(10)14)13(12(16)17)4-2-3-5-13/h6-7H,2-5H2,1H3,(H,16,17). The van der Waals surface area contributed by atoms with E-state index in [-0.39, 0.29) is 10.8 Å². The summed E-state index contributed by atoms with van der Waals surface area (Å²) in [7, 11) is 1.38. The van der Waals surface area contributed by atoms with Crippen LogP contribution in [0.1, 0.15) is 31.2 Å². The fourth-order valence-electron chi connectivity index (χ4n) is 2.64. The first-order valence-corrected chi connectivity index (χ1v) is 6.16. The highest BCUT2D eigenvalue weighted by molar-refractivity contribution is 6.33. The van der Waals surface area contributed by atoms with Gasteiger partial charge < -0.3 is 9.84 Å². The number of ether oxygens (including phenoxy) is 1. The SMILES string of the molecule is COc1cc(F)cc(C2(C(=O)O)CCCC2)c1Cl. The average molecular weight is 273 g/mol. The number of benzene rings is 1. The zero-order chi connectivity index (χ0) is 13.3. The number of carboxylic acids is 1. The molecule has 0 heterocycles. The summed E-state index contributed by atoms with van der Waals surface area (Å²) in [5.74, 6) is -1.30. The van der Waals surface area contributed by atoms with Crippen molar-refractivity contribution in [3.63, 3.8) is 0 Å². The number of aliphatic carboxylic acids is 1. The zero-order valence-electron chi connectivity index (χ0n) is 10.0. The Bertz CT molecular complexity index is 481. The lowest BCUT2D eigenvalue weighted by Crippen LogP contribution is -2.33. The maximum Gasteiger partial charge on any atom is 0.314 e. The minimum Gasteiger partial charge on any atom is -0.495 e. The average Bonchev–Trinajstić information content (AvgIpc) is 2.82. The summed E-state index contributed by atoms with van der Waals surface area (Å²) >= 11 is 6.14. The summed E-state index contributed by atoms with van der Waals surface area (Å²) in [6.45, 7) is 0. The van der Waals surface area contributed by atoms with Crippen molar-refractivity contribution in [1.82, 2.24) is 0 Å². The highest BCUT2D eigenvalue weighted by Crippen LogP contribution is 2.46. The molecule has 3 nitrogen and oxygen atoms in total. The Hall–Kier alpha value is -1.29. The number of methoxy groups -OCH3 is 1. The van der Waals surface area contributed by atoms with Crippen LogP contribution >= 0.6 is 11.6 Å². The highest BCUT2D eigenvalue weighted by Gasteiger charge is 2.45. The van der Waals surface area contributed by atoms with Gasteiger partial charge in [0, 0.05) is 6.07 Å². The van der Waals surface area contributed by atoms with Crippen molar-refractivity contribution < 1.29 is 19.0 Å². The molecule has 1 aliphatic rings. The van der Waals surface area contributed by atoms with Crippen LogP contribution < -0.4 is 4.74 Å². The van der Waals surface area contributed by atoms with Crippen LogP contribution in [0.25, 0.3) is 0 Å². The number of carbonyl (C=O) groups is 1. The summed E-state index contributed by atoms with van der Waals surface area (Å²) in [4.78, 5) is 11.6. The molecule has 0 spiro atoms. The van der Waals surface area contributed by atoms with Crippen LogP contribution in [0.2, 0.25) is 5.02 Å². The third-order valence-corrected chi connectivity index (χ3v) is 4.00. The Morgan fingerprint density at radius 2 is 2.06 bits per heavy atom. The second kappa shape index (κ2) is 4.76. The second-order valence-corrected chi connectivity index (χ2v) is 4.94. The van der Waals surface area contributed by atoms with Gasteiger partial charge in [-0.3, -0.25) is 4.79 Å². The topological polar surface area (TPSA) is 46.5 Å². The van der Waals surface area contributed by atoms with E-state index in [1.165, 1.54) is 13.2 Å². The van der Waals surface area contributed by atoms with Crippen molar-refractivity contribution in [3.05, 3.63) is 28.5 Å². The van der Waals surface area contributed by atoms with Gasteiger partial charge in [0.05, 0.1) is 17.5 Å². The fourth-order valence-corrected chi connectivity index (χ4v) is 3.01. The molecule has 0 radical (unpaired) electrons. The van der Waals surface area contributed by atoms with Gasteiger partial charge >= 0.3 is 5.97 Å². The molecule has 1 saturated carbocycles. The number of halogens is 2. The second-order valence-electron chi connectivity index (χ2n) is 4.56. The lowest BCUT2D eigenvalue weighted by molar-refractivity contribution is -0.143. The van der Waals surface area contributed by atoms with E-state index in [2.05, 4.69) is 0 Å². The zero-order valence-corrected chi connectivity index (χ0v) is 10.8. The molecule has 0 aliphatic heterocycles.